The number of hydrogen-bond donors (Lipinski definition) is 5. The van der Waals surface area contributed by atoms with Crippen molar-refractivity contribution in [2.75, 3.05) is 19.6 Å². The van der Waals surface area contributed by atoms with Crippen LogP contribution in [-0.4, -0.2) is 48.5 Å². The van der Waals surface area contributed by atoms with Crippen LogP contribution in [0, 0.1) is 5.92 Å². The standard InChI is InChI=1S/C21H34N4O4/c1-3-15(2)20(21(29)24-14-19(28)23-13-5-4-12-22)25-18(27)11-8-16-6-9-17(26)10-7-16/h6-7,9-10,15,20,26H,3-5,8,11-14,22H2,1-2H3,(H,23,28)(H,24,29)(H,25,27)/t15-,20-/m0/s1. The van der Waals surface area contributed by atoms with Crippen molar-refractivity contribution in [3.63, 3.8) is 0 Å². The monoisotopic (exact) mass is 406 g/mol. The van der Waals surface area contributed by atoms with Crippen LogP contribution in [0.4, 0.5) is 0 Å². The second-order valence-corrected chi connectivity index (χ2v) is 7.16. The number of amides is 3. The van der Waals surface area contributed by atoms with Crippen LogP contribution < -0.4 is 21.7 Å². The van der Waals surface area contributed by atoms with E-state index in [4.69, 9.17) is 5.73 Å². The Hall–Kier alpha value is -2.61. The van der Waals surface area contributed by atoms with Gasteiger partial charge in [-0.3, -0.25) is 14.4 Å². The topological polar surface area (TPSA) is 134 Å². The van der Waals surface area contributed by atoms with Gasteiger partial charge in [-0.2, -0.15) is 0 Å². The quantitative estimate of drug-likeness (QED) is 0.309. The molecule has 0 radical (unpaired) electrons. The van der Waals surface area contributed by atoms with E-state index in [-0.39, 0.29) is 42.4 Å². The lowest BCUT2D eigenvalue weighted by Crippen LogP contribution is -2.52. The number of phenolic OH excluding ortho intramolecular Hbond substituents is 1. The Morgan fingerprint density at radius 2 is 1.76 bits per heavy atom. The summed E-state index contributed by atoms with van der Waals surface area (Å²) in [5.41, 5.74) is 6.33. The van der Waals surface area contributed by atoms with Crippen molar-refractivity contribution < 1.29 is 19.5 Å². The molecular weight excluding hydrogens is 372 g/mol. The molecular formula is C21H34N4O4. The lowest BCUT2D eigenvalue weighted by molar-refractivity contribution is -0.131. The van der Waals surface area contributed by atoms with Gasteiger partial charge in [0.15, 0.2) is 0 Å². The number of unbranched alkanes of at least 4 members (excludes halogenated alkanes) is 1. The number of benzene rings is 1. The van der Waals surface area contributed by atoms with Gasteiger partial charge >= 0.3 is 0 Å². The van der Waals surface area contributed by atoms with Gasteiger partial charge in [0.2, 0.25) is 17.7 Å². The van der Waals surface area contributed by atoms with Crippen LogP contribution in [-0.2, 0) is 20.8 Å². The number of carbonyl (C=O) groups is 3. The zero-order valence-electron chi connectivity index (χ0n) is 17.4. The maximum Gasteiger partial charge on any atom is 0.243 e. The lowest BCUT2D eigenvalue weighted by Gasteiger charge is -2.23. The van der Waals surface area contributed by atoms with Crippen molar-refractivity contribution >= 4 is 17.7 Å². The predicted octanol–water partition coefficient (Wildman–Crippen LogP) is 0.827. The highest BCUT2D eigenvalue weighted by atomic mass is 16.3. The maximum absolute atomic E-state index is 12.5. The van der Waals surface area contributed by atoms with E-state index in [0.717, 1.165) is 18.4 Å². The summed E-state index contributed by atoms with van der Waals surface area (Å²) >= 11 is 0. The Balaban J connectivity index is 2.48. The predicted molar refractivity (Wildman–Crippen MR) is 112 cm³/mol. The third-order valence-corrected chi connectivity index (χ3v) is 4.77. The number of nitrogens with one attached hydrogen (secondary N) is 3. The van der Waals surface area contributed by atoms with Gasteiger partial charge in [-0.15, -0.1) is 0 Å². The number of aryl methyl sites for hydroxylation is 1. The van der Waals surface area contributed by atoms with Crippen molar-refractivity contribution in [1.29, 1.82) is 0 Å². The van der Waals surface area contributed by atoms with Crippen LogP contribution in [0.5, 0.6) is 5.75 Å². The molecule has 0 unspecified atom stereocenters. The van der Waals surface area contributed by atoms with Gasteiger partial charge in [0.25, 0.3) is 0 Å². The molecule has 1 aromatic rings. The third-order valence-electron chi connectivity index (χ3n) is 4.77. The first-order chi connectivity index (χ1) is 13.9. The molecule has 1 rings (SSSR count). The largest absolute Gasteiger partial charge is 0.508 e. The number of nitrogens with two attached hydrogens (primary N) is 1. The fraction of sp³-hybridized carbons (Fsp3) is 0.571. The van der Waals surface area contributed by atoms with Gasteiger partial charge in [-0.1, -0.05) is 32.4 Å². The Morgan fingerprint density at radius 1 is 1.07 bits per heavy atom. The van der Waals surface area contributed by atoms with Gasteiger partial charge in [-0.05, 0) is 49.4 Å². The molecule has 0 aromatic heterocycles. The molecule has 0 saturated carbocycles. The molecule has 0 spiro atoms. The first kappa shape index (κ1) is 24.4. The molecule has 0 aliphatic carbocycles. The van der Waals surface area contributed by atoms with Gasteiger partial charge < -0.3 is 26.8 Å². The molecule has 8 nitrogen and oxygen atoms in total. The third kappa shape index (κ3) is 9.94. The molecule has 3 amide bonds. The number of carbonyl (C=O) groups excluding carboxylic acids is 3. The summed E-state index contributed by atoms with van der Waals surface area (Å²) in [5.74, 6) is -0.758. The average Bonchev–Trinajstić information content (AvgIpc) is 2.72. The number of aromatic hydroxyl groups is 1. The highest BCUT2D eigenvalue weighted by Gasteiger charge is 2.26. The van der Waals surface area contributed by atoms with Crippen LogP contribution >= 0.6 is 0 Å². The normalized spacial score (nSPS) is 12.7. The molecule has 0 bridgehead atoms. The zero-order chi connectivity index (χ0) is 21.6. The molecule has 0 aliphatic rings. The summed E-state index contributed by atoms with van der Waals surface area (Å²) in [6.45, 7) is 4.80. The van der Waals surface area contributed by atoms with E-state index in [2.05, 4.69) is 16.0 Å². The van der Waals surface area contributed by atoms with Crippen molar-refractivity contribution in [3.8, 4) is 5.75 Å². The molecule has 29 heavy (non-hydrogen) atoms. The summed E-state index contributed by atoms with van der Waals surface area (Å²) in [7, 11) is 0. The van der Waals surface area contributed by atoms with Crippen LogP contribution in [0.15, 0.2) is 24.3 Å². The smallest absolute Gasteiger partial charge is 0.243 e. The minimum absolute atomic E-state index is 0.0692. The molecule has 0 aliphatic heterocycles. The van der Waals surface area contributed by atoms with E-state index < -0.39 is 6.04 Å². The highest BCUT2D eigenvalue weighted by molar-refractivity contribution is 5.90. The van der Waals surface area contributed by atoms with Crippen molar-refractivity contribution in [2.45, 2.75) is 52.0 Å². The Bertz CT molecular complexity index is 649. The van der Waals surface area contributed by atoms with Crippen molar-refractivity contribution in [1.82, 2.24) is 16.0 Å². The molecule has 162 valence electrons. The summed E-state index contributed by atoms with van der Waals surface area (Å²) in [5, 5.41) is 17.4. The summed E-state index contributed by atoms with van der Waals surface area (Å²) in [4.78, 5) is 36.7. The molecule has 6 N–H and O–H groups in total. The minimum atomic E-state index is -0.697. The second kappa shape index (κ2) is 13.5. The van der Waals surface area contributed by atoms with Gasteiger partial charge in [0, 0.05) is 13.0 Å². The van der Waals surface area contributed by atoms with Crippen molar-refractivity contribution in [2.24, 2.45) is 11.7 Å². The SMILES string of the molecule is CC[C@H](C)[C@H](NC(=O)CCc1ccc(O)cc1)C(=O)NCC(=O)NCCCCN. The summed E-state index contributed by atoms with van der Waals surface area (Å²) in [6, 6.07) is 5.96. The molecule has 1 aromatic carbocycles. The van der Waals surface area contributed by atoms with E-state index in [0.29, 0.717) is 25.9 Å². The Morgan fingerprint density at radius 3 is 2.38 bits per heavy atom. The van der Waals surface area contributed by atoms with E-state index in [1.54, 1.807) is 24.3 Å². The lowest BCUT2D eigenvalue weighted by atomic mass is 9.98. The highest BCUT2D eigenvalue weighted by Crippen LogP contribution is 2.12. The Kier molecular flexibility index (Phi) is 11.4. The summed E-state index contributed by atoms with van der Waals surface area (Å²) in [6.07, 6.45) is 3.07. The van der Waals surface area contributed by atoms with E-state index in [9.17, 15) is 19.5 Å². The zero-order valence-corrected chi connectivity index (χ0v) is 17.4. The van der Waals surface area contributed by atoms with E-state index in [1.165, 1.54) is 0 Å². The van der Waals surface area contributed by atoms with Crippen LogP contribution in [0.25, 0.3) is 0 Å². The minimum Gasteiger partial charge on any atom is -0.508 e. The molecule has 8 heteroatoms. The van der Waals surface area contributed by atoms with E-state index >= 15 is 0 Å². The fourth-order valence-electron chi connectivity index (χ4n) is 2.71. The number of phenols is 1. The molecule has 0 saturated heterocycles. The first-order valence-electron chi connectivity index (χ1n) is 10.2. The van der Waals surface area contributed by atoms with Crippen LogP contribution in [0.1, 0.15) is 45.1 Å². The van der Waals surface area contributed by atoms with E-state index in [1.807, 2.05) is 13.8 Å². The number of hydrogen-bond acceptors (Lipinski definition) is 5. The molecule has 0 fully saturated rings. The van der Waals surface area contributed by atoms with Crippen molar-refractivity contribution in [3.05, 3.63) is 29.8 Å². The maximum atomic E-state index is 12.5. The van der Waals surface area contributed by atoms with Gasteiger partial charge in [0.05, 0.1) is 6.54 Å². The van der Waals surface area contributed by atoms with Gasteiger partial charge in [-0.25, -0.2) is 0 Å². The van der Waals surface area contributed by atoms with Crippen LogP contribution in [0.2, 0.25) is 0 Å². The number of rotatable bonds is 13. The average molecular weight is 407 g/mol. The Labute approximate surface area is 172 Å². The fourth-order valence-corrected chi connectivity index (χ4v) is 2.71. The first-order valence-corrected chi connectivity index (χ1v) is 10.2. The van der Waals surface area contributed by atoms with Crippen LogP contribution in [0.3, 0.4) is 0 Å². The molecule has 0 heterocycles. The second-order valence-electron chi connectivity index (χ2n) is 7.16. The summed E-state index contributed by atoms with van der Waals surface area (Å²) < 4.78 is 0. The van der Waals surface area contributed by atoms with Gasteiger partial charge in [0.1, 0.15) is 11.8 Å². The molecule has 2 atom stereocenters.